The number of pyridine rings is 1. The van der Waals surface area contributed by atoms with Crippen molar-refractivity contribution in [1.82, 2.24) is 10.3 Å². The predicted octanol–water partition coefficient (Wildman–Crippen LogP) is 3.13. The van der Waals surface area contributed by atoms with E-state index in [1.165, 1.54) is 31.2 Å². The maximum Gasteiger partial charge on any atom is 0.128 e. The second-order valence-corrected chi connectivity index (χ2v) is 5.73. The fraction of sp³-hybridized carbons (Fsp3) is 0.688. The van der Waals surface area contributed by atoms with E-state index in [-0.39, 0.29) is 0 Å². The first-order valence-electron chi connectivity index (χ1n) is 7.59. The number of hydrogen-bond acceptors (Lipinski definition) is 3. The van der Waals surface area contributed by atoms with Gasteiger partial charge in [-0.3, -0.25) is 0 Å². The summed E-state index contributed by atoms with van der Waals surface area (Å²) in [5.74, 6) is 1.98. The van der Waals surface area contributed by atoms with Crippen LogP contribution < -0.4 is 10.2 Å². The Hall–Kier alpha value is -1.09. The molecule has 0 aromatic carbocycles. The molecule has 0 spiro atoms. The average Bonchev–Trinajstić information content (AvgIpc) is 2.90. The highest BCUT2D eigenvalue weighted by atomic mass is 15.2. The van der Waals surface area contributed by atoms with Gasteiger partial charge in [0.15, 0.2) is 0 Å². The fourth-order valence-corrected chi connectivity index (χ4v) is 2.91. The molecule has 1 aromatic rings. The number of hydrogen-bond donors (Lipinski definition) is 1. The van der Waals surface area contributed by atoms with Crippen LogP contribution in [-0.2, 0) is 6.54 Å². The zero-order valence-corrected chi connectivity index (χ0v) is 12.6. The van der Waals surface area contributed by atoms with Crippen LogP contribution in [0.2, 0.25) is 0 Å². The van der Waals surface area contributed by atoms with Gasteiger partial charge < -0.3 is 10.2 Å². The molecule has 1 N–H and O–H groups in total. The van der Waals surface area contributed by atoms with Crippen molar-refractivity contribution in [2.24, 2.45) is 5.92 Å². The Kier molecular flexibility index (Phi) is 5.20. The molecule has 0 atom stereocenters. The van der Waals surface area contributed by atoms with Crippen molar-refractivity contribution in [2.75, 3.05) is 25.0 Å². The van der Waals surface area contributed by atoms with Gasteiger partial charge in [-0.15, -0.1) is 0 Å². The lowest BCUT2D eigenvalue weighted by molar-refractivity contribution is 0.545. The number of anilines is 1. The van der Waals surface area contributed by atoms with Crippen molar-refractivity contribution in [2.45, 2.75) is 46.1 Å². The maximum atomic E-state index is 4.75. The first-order valence-corrected chi connectivity index (χ1v) is 7.59. The molecule has 1 aliphatic rings. The average molecular weight is 261 g/mol. The van der Waals surface area contributed by atoms with Crippen molar-refractivity contribution in [3.05, 3.63) is 23.4 Å². The minimum absolute atomic E-state index is 0.869. The summed E-state index contributed by atoms with van der Waals surface area (Å²) in [6.07, 6.45) is 5.60. The lowest BCUT2D eigenvalue weighted by Crippen LogP contribution is -2.25. The fourth-order valence-electron chi connectivity index (χ4n) is 2.91. The van der Waals surface area contributed by atoms with Crippen LogP contribution in [0.3, 0.4) is 0 Å². The predicted molar refractivity (Wildman–Crippen MR) is 81.6 cm³/mol. The first kappa shape index (κ1) is 14.3. The third-order valence-corrected chi connectivity index (χ3v) is 4.14. The number of nitrogens with one attached hydrogen (secondary N) is 1. The molecule has 1 heterocycles. The van der Waals surface area contributed by atoms with Crippen LogP contribution in [0.4, 0.5) is 5.82 Å². The second kappa shape index (κ2) is 6.90. The van der Waals surface area contributed by atoms with E-state index in [9.17, 15) is 0 Å². The van der Waals surface area contributed by atoms with Gasteiger partial charge in [0.2, 0.25) is 0 Å². The molecule has 0 bridgehead atoms. The smallest absolute Gasteiger partial charge is 0.128 e. The van der Waals surface area contributed by atoms with Crippen LogP contribution in [0.15, 0.2) is 12.1 Å². The molecule has 19 heavy (non-hydrogen) atoms. The van der Waals surface area contributed by atoms with Crippen molar-refractivity contribution >= 4 is 5.82 Å². The van der Waals surface area contributed by atoms with Gasteiger partial charge >= 0.3 is 0 Å². The Balaban J connectivity index is 1.97. The van der Waals surface area contributed by atoms with Crippen molar-refractivity contribution in [3.8, 4) is 0 Å². The summed E-state index contributed by atoms with van der Waals surface area (Å²) in [6.45, 7) is 7.32. The quantitative estimate of drug-likeness (QED) is 0.853. The Morgan fingerprint density at radius 2 is 2.05 bits per heavy atom. The third kappa shape index (κ3) is 3.93. The van der Waals surface area contributed by atoms with Gasteiger partial charge in [0, 0.05) is 25.8 Å². The van der Waals surface area contributed by atoms with E-state index < -0.39 is 0 Å². The van der Waals surface area contributed by atoms with E-state index in [2.05, 4.69) is 43.2 Å². The van der Waals surface area contributed by atoms with Gasteiger partial charge in [0.1, 0.15) is 5.82 Å². The Bertz CT molecular complexity index is 397. The van der Waals surface area contributed by atoms with Gasteiger partial charge in [-0.1, -0.05) is 25.8 Å². The number of aromatic nitrogens is 1. The standard InChI is InChI=1S/C16H27N3/c1-4-17-11-15-9-10-16(18-13(15)2)19(3)12-14-7-5-6-8-14/h9-10,14,17H,4-8,11-12H2,1-3H3. The summed E-state index contributed by atoms with van der Waals surface area (Å²) in [5, 5.41) is 3.36. The van der Waals surface area contributed by atoms with Crippen molar-refractivity contribution in [1.29, 1.82) is 0 Å². The summed E-state index contributed by atoms with van der Waals surface area (Å²) in [4.78, 5) is 7.07. The molecule has 0 unspecified atom stereocenters. The largest absolute Gasteiger partial charge is 0.359 e. The van der Waals surface area contributed by atoms with Crippen LogP contribution >= 0.6 is 0 Å². The minimum Gasteiger partial charge on any atom is -0.359 e. The Morgan fingerprint density at radius 1 is 1.32 bits per heavy atom. The summed E-state index contributed by atoms with van der Waals surface area (Å²) < 4.78 is 0. The normalized spacial score (nSPS) is 15.9. The van der Waals surface area contributed by atoms with Crippen LogP contribution in [0, 0.1) is 12.8 Å². The first-order chi connectivity index (χ1) is 9.20. The minimum atomic E-state index is 0.869. The molecule has 1 fully saturated rings. The van der Waals surface area contributed by atoms with E-state index in [1.807, 2.05) is 0 Å². The molecule has 0 aliphatic heterocycles. The van der Waals surface area contributed by atoms with Crippen LogP contribution in [-0.4, -0.2) is 25.1 Å². The van der Waals surface area contributed by atoms with Crippen LogP contribution in [0.1, 0.15) is 43.9 Å². The van der Waals surface area contributed by atoms with Crippen molar-refractivity contribution < 1.29 is 0 Å². The molecule has 3 heteroatoms. The molecule has 0 amide bonds. The Labute approximate surface area is 117 Å². The summed E-state index contributed by atoms with van der Waals surface area (Å²) in [5.41, 5.74) is 2.46. The van der Waals surface area contributed by atoms with Gasteiger partial charge in [-0.05, 0) is 43.9 Å². The number of aryl methyl sites for hydroxylation is 1. The molecule has 1 saturated carbocycles. The highest BCUT2D eigenvalue weighted by Crippen LogP contribution is 2.26. The van der Waals surface area contributed by atoms with E-state index in [1.54, 1.807) is 0 Å². The monoisotopic (exact) mass is 261 g/mol. The van der Waals surface area contributed by atoms with Crippen molar-refractivity contribution in [3.63, 3.8) is 0 Å². The lowest BCUT2D eigenvalue weighted by atomic mass is 10.1. The lowest BCUT2D eigenvalue weighted by Gasteiger charge is -2.23. The second-order valence-electron chi connectivity index (χ2n) is 5.73. The molecule has 0 radical (unpaired) electrons. The van der Waals surface area contributed by atoms with E-state index in [0.717, 1.165) is 37.1 Å². The molecule has 2 rings (SSSR count). The molecule has 106 valence electrons. The summed E-state index contributed by atoms with van der Waals surface area (Å²) in [6, 6.07) is 4.38. The third-order valence-electron chi connectivity index (χ3n) is 4.14. The van der Waals surface area contributed by atoms with Gasteiger partial charge in [0.25, 0.3) is 0 Å². The molecule has 1 aliphatic carbocycles. The molecular weight excluding hydrogens is 234 g/mol. The van der Waals surface area contributed by atoms with Crippen LogP contribution in [0.5, 0.6) is 0 Å². The zero-order chi connectivity index (χ0) is 13.7. The van der Waals surface area contributed by atoms with Gasteiger partial charge in [-0.25, -0.2) is 4.98 Å². The van der Waals surface area contributed by atoms with E-state index in [4.69, 9.17) is 4.98 Å². The maximum absolute atomic E-state index is 4.75. The number of rotatable bonds is 6. The Morgan fingerprint density at radius 3 is 2.68 bits per heavy atom. The van der Waals surface area contributed by atoms with E-state index in [0.29, 0.717) is 0 Å². The van der Waals surface area contributed by atoms with Gasteiger partial charge in [0.05, 0.1) is 0 Å². The molecule has 3 nitrogen and oxygen atoms in total. The highest BCUT2D eigenvalue weighted by Gasteiger charge is 2.17. The molecule has 0 saturated heterocycles. The topological polar surface area (TPSA) is 28.2 Å². The SMILES string of the molecule is CCNCc1ccc(N(C)CC2CCCC2)nc1C. The van der Waals surface area contributed by atoms with E-state index >= 15 is 0 Å². The van der Waals surface area contributed by atoms with Crippen LogP contribution in [0.25, 0.3) is 0 Å². The molecular formula is C16H27N3. The zero-order valence-electron chi connectivity index (χ0n) is 12.6. The number of nitrogens with zero attached hydrogens (tertiary/aromatic N) is 2. The molecule has 1 aromatic heterocycles. The highest BCUT2D eigenvalue weighted by molar-refractivity contribution is 5.41. The summed E-state index contributed by atoms with van der Waals surface area (Å²) in [7, 11) is 2.17. The van der Waals surface area contributed by atoms with Gasteiger partial charge in [-0.2, -0.15) is 0 Å². The summed E-state index contributed by atoms with van der Waals surface area (Å²) >= 11 is 0.